The Morgan fingerprint density at radius 3 is 0.875 bits per heavy atom. The fourth-order valence-electron chi connectivity index (χ4n) is 0. The Kier molecular flexibility index (Phi) is 83.0. The van der Waals surface area contributed by atoms with E-state index in [4.69, 9.17) is 14.4 Å². The van der Waals surface area contributed by atoms with Crippen LogP contribution in [-0.4, -0.2) is 128 Å². The molecule has 0 unspecified atom stereocenters. The molecule has 0 heterocycles. The Morgan fingerprint density at radius 1 is 0.875 bits per heavy atom. The first kappa shape index (κ1) is 29.5. The molecule has 0 aliphatic rings. The summed E-state index contributed by atoms with van der Waals surface area (Å²) in [6.45, 7) is 0. The van der Waals surface area contributed by atoms with Crippen LogP contribution in [0.2, 0.25) is 0 Å². The molecule has 0 aliphatic heterocycles. The zero-order valence-corrected chi connectivity index (χ0v) is 2.80. The van der Waals surface area contributed by atoms with Gasteiger partial charge in [-0.3, -0.25) is 4.57 Å². The van der Waals surface area contributed by atoms with Crippen LogP contribution in [0.15, 0.2) is 0 Å². The fourth-order valence-corrected chi connectivity index (χ4v) is 0. The Labute approximate surface area is 137 Å². The summed E-state index contributed by atoms with van der Waals surface area (Å²) in [6.07, 6.45) is 0. The molecule has 2 N–H and O–H groups in total. The summed E-state index contributed by atoms with van der Waals surface area (Å²) in [5.41, 5.74) is 0. The van der Waals surface area contributed by atoms with Gasteiger partial charge in [0.1, 0.15) is 0 Å². The molecular formula is H7Na4O3P. The van der Waals surface area contributed by atoms with E-state index < -0.39 is 8.25 Å². The van der Waals surface area contributed by atoms with E-state index in [1.165, 1.54) is 0 Å². The van der Waals surface area contributed by atoms with E-state index >= 15 is 0 Å². The summed E-state index contributed by atoms with van der Waals surface area (Å²) < 4.78 is 8.74. The van der Waals surface area contributed by atoms with Crippen LogP contribution in [0.1, 0.15) is 0 Å². The zero-order valence-electron chi connectivity index (χ0n) is 1.80. The molecule has 8 heavy (non-hydrogen) atoms. The molecule has 0 aromatic heterocycles. The average Bonchev–Trinajstić information content (AvgIpc) is 0.811. The van der Waals surface area contributed by atoms with Crippen molar-refractivity contribution in [1.29, 1.82) is 0 Å². The van der Waals surface area contributed by atoms with Crippen molar-refractivity contribution in [2.75, 3.05) is 0 Å². The fraction of sp³-hybridized carbons (Fsp3) is 0. The van der Waals surface area contributed by atoms with Gasteiger partial charge < -0.3 is 9.79 Å². The van der Waals surface area contributed by atoms with Crippen LogP contribution in [0.25, 0.3) is 0 Å². The Morgan fingerprint density at radius 2 is 0.875 bits per heavy atom. The van der Waals surface area contributed by atoms with Gasteiger partial charge in [0.05, 0.1) is 0 Å². The standard InChI is InChI=1S/4Na.H3O3P.4H/c;;;;1-4(2)3;;;;/h;;;;4H,(H2,1,2,3);;;;. The molecule has 3 nitrogen and oxygen atoms in total. The Hall–Kier alpha value is 4.15. The van der Waals surface area contributed by atoms with Gasteiger partial charge in [-0.25, -0.2) is 0 Å². The molecule has 0 saturated carbocycles. The maximum atomic E-state index is 8.74. The molecule has 0 rings (SSSR count). The van der Waals surface area contributed by atoms with Gasteiger partial charge in [-0.1, -0.05) is 0 Å². The van der Waals surface area contributed by atoms with Crippen LogP contribution >= 0.6 is 8.25 Å². The predicted octanol–water partition coefficient (Wildman–Crippen LogP) is -3.23. The van der Waals surface area contributed by atoms with Crippen LogP contribution in [-0.2, 0) is 4.57 Å². The topological polar surface area (TPSA) is 57.5 Å². The minimum absolute atomic E-state index is 0. The van der Waals surface area contributed by atoms with Crippen molar-refractivity contribution >= 4 is 126 Å². The third-order valence-electron chi connectivity index (χ3n) is 0. The summed E-state index contributed by atoms with van der Waals surface area (Å²) in [4.78, 5) is 14.3. The van der Waals surface area contributed by atoms with Crippen LogP contribution in [0.4, 0.5) is 0 Å². The summed E-state index contributed by atoms with van der Waals surface area (Å²) in [6, 6.07) is 0. The molecule has 0 aliphatic carbocycles. The SMILES string of the molecule is O=[PH](O)O.[NaH].[NaH].[NaH].[NaH]. The monoisotopic (exact) mass is 178 g/mol. The van der Waals surface area contributed by atoms with Gasteiger partial charge in [-0.2, -0.15) is 0 Å². The van der Waals surface area contributed by atoms with Crippen molar-refractivity contribution in [2.45, 2.75) is 0 Å². The molecule has 0 saturated heterocycles. The molecule has 0 bridgehead atoms. The molecule has 0 aromatic carbocycles. The number of rotatable bonds is 0. The van der Waals surface area contributed by atoms with Crippen LogP contribution in [0, 0.1) is 0 Å². The average molecular weight is 178 g/mol. The van der Waals surface area contributed by atoms with Crippen LogP contribution in [0.3, 0.4) is 0 Å². The van der Waals surface area contributed by atoms with Gasteiger partial charge in [-0.15, -0.1) is 0 Å². The van der Waals surface area contributed by atoms with Crippen LogP contribution < -0.4 is 0 Å². The first-order valence-electron chi connectivity index (χ1n) is 0.651. The predicted molar refractivity (Wildman–Crippen MR) is 42.0 cm³/mol. The molecule has 0 atom stereocenters. The van der Waals surface area contributed by atoms with E-state index in [2.05, 4.69) is 0 Å². The Balaban J connectivity index is -0.00000000750. The van der Waals surface area contributed by atoms with E-state index in [1.54, 1.807) is 0 Å². The van der Waals surface area contributed by atoms with Gasteiger partial charge in [0.15, 0.2) is 0 Å². The van der Waals surface area contributed by atoms with Gasteiger partial charge in [-0.05, 0) is 0 Å². The van der Waals surface area contributed by atoms with E-state index in [0.717, 1.165) is 0 Å². The van der Waals surface area contributed by atoms with Crippen molar-refractivity contribution < 1.29 is 14.4 Å². The van der Waals surface area contributed by atoms with Gasteiger partial charge in [0.2, 0.25) is 0 Å². The van der Waals surface area contributed by atoms with Crippen molar-refractivity contribution in [1.82, 2.24) is 0 Å². The van der Waals surface area contributed by atoms with E-state index in [-0.39, 0.29) is 118 Å². The molecule has 34 valence electrons. The van der Waals surface area contributed by atoms with Gasteiger partial charge in [0, 0.05) is 0 Å². The van der Waals surface area contributed by atoms with Gasteiger partial charge in [0.25, 0.3) is 0 Å². The molecule has 0 radical (unpaired) electrons. The van der Waals surface area contributed by atoms with Crippen molar-refractivity contribution in [2.24, 2.45) is 0 Å². The minimum atomic E-state index is -3.13. The van der Waals surface area contributed by atoms with Crippen molar-refractivity contribution in [3.8, 4) is 0 Å². The summed E-state index contributed by atoms with van der Waals surface area (Å²) >= 11 is 0. The van der Waals surface area contributed by atoms with E-state index in [1.807, 2.05) is 0 Å². The quantitative estimate of drug-likeness (QED) is 0.303. The normalized spacial score (nSPS) is 4.38. The van der Waals surface area contributed by atoms with E-state index in [0.29, 0.717) is 0 Å². The molecule has 0 fully saturated rings. The number of hydrogen-bond donors (Lipinski definition) is 2. The zero-order chi connectivity index (χ0) is 3.58. The van der Waals surface area contributed by atoms with Crippen molar-refractivity contribution in [3.05, 3.63) is 0 Å². The molecule has 0 amide bonds. The van der Waals surface area contributed by atoms with Crippen LogP contribution in [0.5, 0.6) is 0 Å². The first-order chi connectivity index (χ1) is 1.73. The summed E-state index contributed by atoms with van der Waals surface area (Å²) in [5, 5.41) is 0. The second-order valence-electron chi connectivity index (χ2n) is 0.283. The number of hydrogen-bond acceptors (Lipinski definition) is 1. The molecule has 0 spiro atoms. The third kappa shape index (κ3) is 49.3. The second kappa shape index (κ2) is 22.5. The first-order valence-corrected chi connectivity index (χ1v) is 1.95. The summed E-state index contributed by atoms with van der Waals surface area (Å²) in [7, 11) is -3.13. The third-order valence-corrected chi connectivity index (χ3v) is 0. The van der Waals surface area contributed by atoms with E-state index in [9.17, 15) is 0 Å². The maximum absolute atomic E-state index is 8.74. The van der Waals surface area contributed by atoms with Gasteiger partial charge >= 0.3 is 126 Å². The van der Waals surface area contributed by atoms with Crippen molar-refractivity contribution in [3.63, 3.8) is 0 Å². The molecule has 8 heteroatoms. The molecular weight excluding hydrogens is 171 g/mol. The molecule has 0 aromatic rings. The summed E-state index contributed by atoms with van der Waals surface area (Å²) in [5.74, 6) is 0. The second-order valence-corrected chi connectivity index (χ2v) is 0.848. The Bertz CT molecular complexity index is 34.3.